The molecule has 4 rings (SSSR count). The van der Waals surface area contributed by atoms with Crippen molar-refractivity contribution in [1.82, 2.24) is 20.1 Å². The highest BCUT2D eigenvalue weighted by molar-refractivity contribution is 6.45. The fraction of sp³-hybridized carbons (Fsp3) is 0.250. The number of fused-ring (bicyclic) bond motifs is 3. The number of carbonyl (C=O) groups excluding carboxylic acids is 1. The molecule has 23 heavy (non-hydrogen) atoms. The van der Waals surface area contributed by atoms with Crippen LogP contribution < -0.4 is 5.32 Å². The van der Waals surface area contributed by atoms with Gasteiger partial charge in [0.15, 0.2) is 0 Å². The first-order valence-corrected chi connectivity index (χ1v) is 8.08. The highest BCUT2D eigenvalue weighted by Gasteiger charge is 2.24. The molecule has 5 nitrogen and oxygen atoms in total. The predicted octanol–water partition coefficient (Wildman–Crippen LogP) is 3.09. The van der Waals surface area contributed by atoms with Gasteiger partial charge in [-0.3, -0.25) is 9.48 Å². The normalized spacial score (nSPS) is 14.7. The molecule has 0 spiro atoms. The van der Waals surface area contributed by atoms with Crippen LogP contribution in [0.15, 0.2) is 18.3 Å². The third kappa shape index (κ3) is 2.31. The maximum atomic E-state index is 12.0. The summed E-state index contributed by atoms with van der Waals surface area (Å²) in [5, 5.41) is 9.26. The Morgan fingerprint density at radius 3 is 2.91 bits per heavy atom. The summed E-state index contributed by atoms with van der Waals surface area (Å²) in [6, 6.07) is 3.75. The molecule has 1 aromatic carbocycles. The number of aromatic amines is 1. The molecule has 1 aliphatic rings. The van der Waals surface area contributed by atoms with Crippen LogP contribution in [0.25, 0.3) is 22.2 Å². The average Bonchev–Trinajstić information content (AvgIpc) is 3.03. The first-order chi connectivity index (χ1) is 11.0. The zero-order chi connectivity index (χ0) is 16.1. The van der Waals surface area contributed by atoms with Crippen LogP contribution in [0.5, 0.6) is 0 Å². The van der Waals surface area contributed by atoms with E-state index in [0.29, 0.717) is 23.0 Å². The number of benzene rings is 1. The van der Waals surface area contributed by atoms with Gasteiger partial charge in [-0.25, -0.2) is 0 Å². The van der Waals surface area contributed by atoms with E-state index >= 15 is 0 Å². The number of amides is 1. The second kappa shape index (κ2) is 5.28. The highest BCUT2D eigenvalue weighted by Crippen LogP contribution is 2.40. The van der Waals surface area contributed by atoms with E-state index in [1.165, 1.54) is 0 Å². The molecule has 2 aromatic heterocycles. The molecule has 3 heterocycles. The summed E-state index contributed by atoms with van der Waals surface area (Å²) in [5.74, 6) is 0.0164. The third-order valence-electron chi connectivity index (χ3n) is 4.19. The topological polar surface area (TPSA) is 62.7 Å². The van der Waals surface area contributed by atoms with Gasteiger partial charge in [-0.2, -0.15) is 5.10 Å². The van der Waals surface area contributed by atoms with Crippen LogP contribution in [-0.2, 0) is 24.7 Å². The lowest BCUT2D eigenvalue weighted by Gasteiger charge is -2.07. The number of nitrogens with one attached hydrogen (secondary N) is 2. The molecule has 0 bridgehead atoms. The van der Waals surface area contributed by atoms with E-state index in [9.17, 15) is 4.79 Å². The van der Waals surface area contributed by atoms with Crippen LogP contribution in [-0.4, -0.2) is 27.2 Å². The molecule has 0 aliphatic carbocycles. The predicted molar refractivity (Wildman–Crippen MR) is 90.9 cm³/mol. The fourth-order valence-corrected chi connectivity index (χ4v) is 3.55. The van der Waals surface area contributed by atoms with E-state index in [1.807, 2.05) is 25.4 Å². The lowest BCUT2D eigenvalue weighted by atomic mass is 10.00. The second-order valence-electron chi connectivity index (χ2n) is 5.70. The van der Waals surface area contributed by atoms with Gasteiger partial charge in [-0.15, -0.1) is 0 Å². The van der Waals surface area contributed by atoms with Gasteiger partial charge in [0, 0.05) is 42.9 Å². The van der Waals surface area contributed by atoms with E-state index in [2.05, 4.69) is 15.4 Å². The molecule has 0 atom stereocenters. The summed E-state index contributed by atoms with van der Waals surface area (Å²) >= 11 is 12.7. The minimum absolute atomic E-state index is 0.0164. The van der Waals surface area contributed by atoms with Crippen LogP contribution in [0.1, 0.15) is 11.3 Å². The Hall–Kier alpha value is -1.98. The van der Waals surface area contributed by atoms with Gasteiger partial charge in [0.1, 0.15) is 0 Å². The third-order valence-corrected chi connectivity index (χ3v) is 4.97. The largest absolute Gasteiger partial charge is 0.357 e. The quantitative estimate of drug-likeness (QED) is 0.709. The second-order valence-corrected chi connectivity index (χ2v) is 6.49. The van der Waals surface area contributed by atoms with Crippen molar-refractivity contribution in [3.8, 4) is 11.3 Å². The smallest absolute Gasteiger partial charge is 0.224 e. The minimum Gasteiger partial charge on any atom is -0.357 e. The van der Waals surface area contributed by atoms with Crippen molar-refractivity contribution in [1.29, 1.82) is 0 Å². The molecule has 3 aromatic rings. The highest BCUT2D eigenvalue weighted by atomic mass is 35.5. The molecule has 0 radical (unpaired) electrons. The Kier molecular flexibility index (Phi) is 3.36. The van der Waals surface area contributed by atoms with Gasteiger partial charge < -0.3 is 10.3 Å². The minimum atomic E-state index is 0.0164. The van der Waals surface area contributed by atoms with Crippen LogP contribution in [0.3, 0.4) is 0 Å². The zero-order valence-corrected chi connectivity index (χ0v) is 13.9. The van der Waals surface area contributed by atoms with Crippen molar-refractivity contribution in [3.63, 3.8) is 0 Å². The van der Waals surface area contributed by atoms with E-state index < -0.39 is 0 Å². The molecule has 0 saturated carbocycles. The Morgan fingerprint density at radius 2 is 2.17 bits per heavy atom. The molecule has 2 N–H and O–H groups in total. The monoisotopic (exact) mass is 348 g/mol. The van der Waals surface area contributed by atoms with Crippen molar-refractivity contribution < 1.29 is 4.79 Å². The van der Waals surface area contributed by atoms with E-state index in [4.69, 9.17) is 23.2 Å². The summed E-state index contributed by atoms with van der Waals surface area (Å²) in [6.07, 6.45) is 2.94. The molecular formula is C16H14Cl2N4O. The Morgan fingerprint density at radius 1 is 1.35 bits per heavy atom. The lowest BCUT2D eigenvalue weighted by Crippen LogP contribution is -2.24. The summed E-state index contributed by atoms with van der Waals surface area (Å²) in [4.78, 5) is 15.3. The number of aryl methyl sites for hydroxylation is 1. The van der Waals surface area contributed by atoms with Gasteiger partial charge in [0.05, 0.1) is 27.7 Å². The number of hydrogen-bond donors (Lipinski definition) is 2. The Balaban J connectivity index is 2.08. The van der Waals surface area contributed by atoms with E-state index in [0.717, 1.165) is 39.8 Å². The number of nitrogens with zero attached hydrogens (tertiary/aromatic N) is 2. The number of rotatable bonds is 1. The molecule has 1 amide bonds. The lowest BCUT2D eigenvalue weighted by molar-refractivity contribution is -0.120. The van der Waals surface area contributed by atoms with E-state index in [-0.39, 0.29) is 5.91 Å². The van der Waals surface area contributed by atoms with Gasteiger partial charge in [0.2, 0.25) is 5.91 Å². The molecule has 118 valence electrons. The van der Waals surface area contributed by atoms with Crippen molar-refractivity contribution in [2.75, 3.05) is 6.54 Å². The number of aromatic nitrogens is 3. The number of carbonyl (C=O) groups is 1. The summed E-state index contributed by atoms with van der Waals surface area (Å²) in [6.45, 7) is 0.614. The van der Waals surface area contributed by atoms with Crippen molar-refractivity contribution >= 4 is 40.0 Å². The average molecular weight is 349 g/mol. The maximum absolute atomic E-state index is 12.0. The van der Waals surface area contributed by atoms with Crippen LogP contribution in [0.2, 0.25) is 10.0 Å². The standard InChI is InChI=1S/C16H14Cl2N4O/c1-22-5-3-12(21-22)8-6-10(17)15(18)16-14(8)9-7-13(23)19-4-2-11(9)20-16/h3,5-6,20H,2,4,7H2,1H3,(H,19,23). The number of hydrogen-bond acceptors (Lipinski definition) is 2. The van der Waals surface area contributed by atoms with Gasteiger partial charge in [-0.1, -0.05) is 23.2 Å². The SMILES string of the molecule is Cn1ccc(-c2cc(Cl)c(Cl)c3[nH]c4c(c23)CC(=O)NCC4)n1. The molecule has 1 aliphatic heterocycles. The van der Waals surface area contributed by atoms with Crippen molar-refractivity contribution in [2.45, 2.75) is 12.8 Å². The van der Waals surface area contributed by atoms with Crippen LogP contribution in [0.4, 0.5) is 0 Å². The van der Waals surface area contributed by atoms with Gasteiger partial charge in [0.25, 0.3) is 0 Å². The molecular weight excluding hydrogens is 335 g/mol. The van der Waals surface area contributed by atoms with Crippen LogP contribution in [0, 0.1) is 0 Å². The van der Waals surface area contributed by atoms with Crippen LogP contribution >= 0.6 is 23.2 Å². The molecule has 0 saturated heterocycles. The molecule has 7 heteroatoms. The molecule has 0 unspecified atom stereocenters. The van der Waals surface area contributed by atoms with Crippen molar-refractivity contribution in [3.05, 3.63) is 39.6 Å². The van der Waals surface area contributed by atoms with Crippen molar-refractivity contribution in [2.24, 2.45) is 7.05 Å². The summed E-state index contributed by atoms with van der Waals surface area (Å²) in [5.41, 5.74) is 4.48. The first kappa shape index (κ1) is 14.6. The zero-order valence-electron chi connectivity index (χ0n) is 12.4. The maximum Gasteiger partial charge on any atom is 0.224 e. The summed E-state index contributed by atoms with van der Waals surface area (Å²) < 4.78 is 1.74. The Labute approximate surface area is 142 Å². The van der Waals surface area contributed by atoms with Gasteiger partial charge in [-0.05, 0) is 17.7 Å². The molecule has 0 fully saturated rings. The Bertz CT molecular complexity index is 941. The van der Waals surface area contributed by atoms with E-state index in [1.54, 1.807) is 4.68 Å². The number of halogens is 2. The summed E-state index contributed by atoms with van der Waals surface area (Å²) in [7, 11) is 1.86. The fourth-order valence-electron chi connectivity index (χ4n) is 3.15. The van der Waals surface area contributed by atoms with Gasteiger partial charge >= 0.3 is 0 Å². The number of H-pyrrole nitrogens is 1. The first-order valence-electron chi connectivity index (χ1n) is 7.32.